The van der Waals surface area contributed by atoms with Gasteiger partial charge in [0.15, 0.2) is 17.3 Å². The van der Waals surface area contributed by atoms with Crippen molar-refractivity contribution in [2.45, 2.75) is 45.2 Å². The Morgan fingerprint density at radius 1 is 1.30 bits per heavy atom. The van der Waals surface area contributed by atoms with E-state index in [2.05, 4.69) is 18.7 Å². The maximum Gasteiger partial charge on any atom is 0.231 e. The van der Waals surface area contributed by atoms with Crippen LogP contribution in [0.25, 0.3) is 0 Å². The van der Waals surface area contributed by atoms with E-state index >= 15 is 0 Å². The number of ketones is 1. The van der Waals surface area contributed by atoms with Crippen molar-refractivity contribution < 1.29 is 14.3 Å². The first-order valence-corrected chi connectivity index (χ1v) is 7.37. The number of fused-ring (bicyclic) bond motifs is 1. The summed E-state index contributed by atoms with van der Waals surface area (Å²) in [6.45, 7) is 5.15. The quantitative estimate of drug-likeness (QED) is 0.792. The summed E-state index contributed by atoms with van der Waals surface area (Å²) >= 11 is 0. The van der Waals surface area contributed by atoms with Gasteiger partial charge in [0, 0.05) is 17.6 Å². The van der Waals surface area contributed by atoms with Gasteiger partial charge in [0.25, 0.3) is 0 Å². The highest BCUT2D eigenvalue weighted by atomic mass is 16.7. The minimum atomic E-state index is 0.163. The predicted octanol–water partition coefficient (Wildman–Crippen LogP) is 2.86. The molecule has 2 unspecified atom stereocenters. The third-order valence-electron chi connectivity index (χ3n) is 4.44. The van der Waals surface area contributed by atoms with Crippen molar-refractivity contribution >= 4 is 5.78 Å². The second-order valence-electron chi connectivity index (χ2n) is 5.65. The van der Waals surface area contributed by atoms with Crippen molar-refractivity contribution in [1.29, 1.82) is 0 Å². The zero-order valence-corrected chi connectivity index (χ0v) is 12.1. The van der Waals surface area contributed by atoms with Gasteiger partial charge in [-0.3, -0.25) is 9.69 Å². The summed E-state index contributed by atoms with van der Waals surface area (Å²) in [5, 5.41) is 0. The lowest BCUT2D eigenvalue weighted by Crippen LogP contribution is -2.38. The van der Waals surface area contributed by atoms with Crippen LogP contribution in [0.1, 0.15) is 43.5 Å². The molecule has 2 atom stereocenters. The zero-order valence-electron chi connectivity index (χ0n) is 12.1. The summed E-state index contributed by atoms with van der Waals surface area (Å²) in [5.41, 5.74) is 0.711. The van der Waals surface area contributed by atoms with Crippen LogP contribution >= 0.6 is 0 Å². The molecule has 20 heavy (non-hydrogen) atoms. The molecule has 3 rings (SSSR count). The highest BCUT2D eigenvalue weighted by molar-refractivity contribution is 5.98. The van der Waals surface area contributed by atoms with Crippen LogP contribution in [-0.2, 0) is 0 Å². The van der Waals surface area contributed by atoms with Gasteiger partial charge in [-0.15, -0.1) is 0 Å². The van der Waals surface area contributed by atoms with E-state index in [9.17, 15) is 4.79 Å². The van der Waals surface area contributed by atoms with Gasteiger partial charge in [0.1, 0.15) is 0 Å². The monoisotopic (exact) mass is 275 g/mol. The van der Waals surface area contributed by atoms with Crippen molar-refractivity contribution in [3.63, 3.8) is 0 Å². The lowest BCUT2D eigenvalue weighted by atomic mass is 10.1. The van der Waals surface area contributed by atoms with E-state index in [0.717, 1.165) is 12.2 Å². The highest BCUT2D eigenvalue weighted by Crippen LogP contribution is 2.33. The smallest absolute Gasteiger partial charge is 0.231 e. The lowest BCUT2D eigenvalue weighted by molar-refractivity contribution is 0.0888. The molecule has 0 aliphatic carbocycles. The van der Waals surface area contributed by atoms with Crippen LogP contribution in [0.5, 0.6) is 11.5 Å². The van der Waals surface area contributed by atoms with Gasteiger partial charge < -0.3 is 9.47 Å². The van der Waals surface area contributed by atoms with Crippen molar-refractivity contribution in [2.75, 3.05) is 13.3 Å². The van der Waals surface area contributed by atoms with Crippen LogP contribution in [0, 0.1) is 0 Å². The molecule has 4 nitrogen and oxygen atoms in total. The molecular formula is C16H21NO3. The zero-order chi connectivity index (χ0) is 14.1. The maximum atomic E-state index is 12.5. The molecule has 2 aliphatic heterocycles. The largest absolute Gasteiger partial charge is 0.454 e. The third kappa shape index (κ3) is 2.40. The van der Waals surface area contributed by atoms with E-state index in [0.29, 0.717) is 29.9 Å². The van der Waals surface area contributed by atoms with Gasteiger partial charge in [-0.2, -0.15) is 0 Å². The van der Waals surface area contributed by atoms with Crippen LogP contribution in [0.2, 0.25) is 0 Å². The first-order chi connectivity index (χ1) is 9.69. The molecule has 1 aromatic rings. The highest BCUT2D eigenvalue weighted by Gasteiger charge is 2.31. The Bertz CT molecular complexity index is 514. The molecule has 0 bridgehead atoms. The normalized spacial score (nSPS) is 25.1. The Morgan fingerprint density at radius 3 is 2.90 bits per heavy atom. The van der Waals surface area contributed by atoms with Crippen LogP contribution in [0.15, 0.2) is 18.2 Å². The third-order valence-corrected chi connectivity index (χ3v) is 4.44. The molecule has 2 aliphatic rings. The minimum Gasteiger partial charge on any atom is -0.454 e. The fourth-order valence-corrected chi connectivity index (χ4v) is 3.18. The summed E-state index contributed by atoms with van der Waals surface area (Å²) < 4.78 is 10.6. The number of likely N-dealkylation sites (tertiary alicyclic amines) is 1. The number of ether oxygens (including phenoxy) is 2. The molecule has 1 saturated heterocycles. The van der Waals surface area contributed by atoms with Crippen LogP contribution in [0.3, 0.4) is 0 Å². The molecule has 0 spiro atoms. The summed E-state index contributed by atoms with van der Waals surface area (Å²) in [5.74, 6) is 1.57. The number of hydrogen-bond donors (Lipinski definition) is 0. The maximum absolute atomic E-state index is 12.5. The molecule has 0 radical (unpaired) electrons. The van der Waals surface area contributed by atoms with Gasteiger partial charge >= 0.3 is 0 Å². The average Bonchev–Trinajstić information content (AvgIpc) is 3.05. The molecule has 0 N–H and O–H groups in total. The van der Waals surface area contributed by atoms with E-state index in [4.69, 9.17) is 9.47 Å². The topological polar surface area (TPSA) is 38.8 Å². The molecule has 4 heteroatoms. The second-order valence-corrected chi connectivity index (χ2v) is 5.65. The standard InChI is InChI=1S/C16H21NO3/c1-3-13-6-4-11(2)17(13)9-14(18)12-5-7-15-16(8-12)20-10-19-15/h5,7-8,11,13H,3-4,6,9-10H2,1-2H3. The van der Waals surface area contributed by atoms with E-state index in [-0.39, 0.29) is 12.6 Å². The van der Waals surface area contributed by atoms with Crippen LogP contribution < -0.4 is 9.47 Å². The van der Waals surface area contributed by atoms with Gasteiger partial charge in [0.05, 0.1) is 6.54 Å². The van der Waals surface area contributed by atoms with Gasteiger partial charge in [0.2, 0.25) is 6.79 Å². The Morgan fingerprint density at radius 2 is 2.10 bits per heavy atom. The Hall–Kier alpha value is -1.55. The molecule has 108 valence electrons. The Balaban J connectivity index is 1.73. The minimum absolute atomic E-state index is 0.163. The molecule has 0 aromatic heterocycles. The van der Waals surface area contributed by atoms with Crippen molar-refractivity contribution in [2.24, 2.45) is 0 Å². The second kappa shape index (κ2) is 5.44. The van der Waals surface area contributed by atoms with E-state index in [1.165, 1.54) is 12.8 Å². The van der Waals surface area contributed by atoms with Gasteiger partial charge in [-0.05, 0) is 44.4 Å². The van der Waals surface area contributed by atoms with Gasteiger partial charge in [-0.25, -0.2) is 0 Å². The number of Topliss-reactive ketones (excluding diaryl/α,β-unsaturated/α-hetero) is 1. The van der Waals surface area contributed by atoms with E-state index in [1.54, 1.807) is 6.07 Å². The number of hydrogen-bond acceptors (Lipinski definition) is 4. The number of nitrogens with zero attached hydrogens (tertiary/aromatic N) is 1. The molecular weight excluding hydrogens is 254 g/mol. The summed E-state index contributed by atoms with van der Waals surface area (Å²) in [7, 11) is 0. The van der Waals surface area contributed by atoms with Crippen molar-refractivity contribution in [1.82, 2.24) is 4.90 Å². The lowest BCUT2D eigenvalue weighted by Gasteiger charge is -2.26. The first-order valence-electron chi connectivity index (χ1n) is 7.37. The summed E-state index contributed by atoms with van der Waals surface area (Å²) in [6.07, 6.45) is 3.50. The Kier molecular flexibility index (Phi) is 3.66. The SMILES string of the molecule is CCC1CCC(C)N1CC(=O)c1ccc2c(c1)OCO2. The number of carbonyl (C=O) groups is 1. The molecule has 1 aromatic carbocycles. The van der Waals surface area contributed by atoms with Crippen LogP contribution in [-0.4, -0.2) is 36.1 Å². The molecule has 1 fully saturated rings. The molecule has 2 heterocycles. The van der Waals surface area contributed by atoms with E-state index < -0.39 is 0 Å². The summed E-state index contributed by atoms with van der Waals surface area (Å²) in [6, 6.07) is 6.49. The fraction of sp³-hybridized carbons (Fsp3) is 0.562. The number of carbonyl (C=O) groups excluding carboxylic acids is 1. The fourth-order valence-electron chi connectivity index (χ4n) is 3.18. The van der Waals surface area contributed by atoms with Crippen molar-refractivity contribution in [3.8, 4) is 11.5 Å². The predicted molar refractivity (Wildman–Crippen MR) is 76.4 cm³/mol. The van der Waals surface area contributed by atoms with Crippen LogP contribution in [0.4, 0.5) is 0 Å². The van der Waals surface area contributed by atoms with Gasteiger partial charge in [-0.1, -0.05) is 6.92 Å². The average molecular weight is 275 g/mol. The van der Waals surface area contributed by atoms with E-state index in [1.807, 2.05) is 12.1 Å². The molecule has 0 amide bonds. The number of rotatable bonds is 4. The summed E-state index contributed by atoms with van der Waals surface area (Å²) in [4.78, 5) is 14.8. The molecule has 0 saturated carbocycles. The van der Waals surface area contributed by atoms with Crippen molar-refractivity contribution in [3.05, 3.63) is 23.8 Å². The Labute approximate surface area is 119 Å². The first kappa shape index (κ1) is 13.4. The number of benzene rings is 1.